The maximum absolute atomic E-state index is 14.3. The van der Waals surface area contributed by atoms with Gasteiger partial charge in [-0.15, -0.1) is 0 Å². The summed E-state index contributed by atoms with van der Waals surface area (Å²) in [7, 11) is -8.08. The van der Waals surface area contributed by atoms with Gasteiger partial charge in [0.2, 0.25) is 11.8 Å². The number of pyridine rings is 3. The Hall–Kier alpha value is -15.2. The number of morpholine rings is 3. The zero-order valence-corrected chi connectivity index (χ0v) is 74.1. The molecular formula is C102H91N17O12S2. The summed E-state index contributed by atoms with van der Waals surface area (Å²) in [6, 6.07) is 79.3. The topological polar surface area (TPSA) is 369 Å². The maximum atomic E-state index is 14.3. The summed E-state index contributed by atoms with van der Waals surface area (Å²) in [5.74, 6) is 0.998. The average molecular weight is 1810 g/mol. The number of nitriles is 5. The third-order valence-electron chi connectivity index (χ3n) is 24.6. The lowest BCUT2D eigenvalue weighted by molar-refractivity contribution is -0.130. The Morgan fingerprint density at radius 2 is 0.767 bits per heavy atom. The highest BCUT2D eigenvalue weighted by atomic mass is 32.2. The van der Waals surface area contributed by atoms with Crippen molar-refractivity contribution in [2.24, 2.45) is 0 Å². The molecule has 133 heavy (non-hydrogen) atoms. The van der Waals surface area contributed by atoms with Gasteiger partial charge in [-0.1, -0.05) is 91.0 Å². The quantitative estimate of drug-likeness (QED) is 0.0674. The second-order valence-corrected chi connectivity index (χ2v) is 36.3. The van der Waals surface area contributed by atoms with Gasteiger partial charge in [0.25, 0.3) is 20.0 Å². The molecule has 29 nitrogen and oxygen atoms in total. The number of carbonyl (C=O) groups is 2. The van der Waals surface area contributed by atoms with Gasteiger partial charge >= 0.3 is 0 Å². The van der Waals surface area contributed by atoms with Crippen molar-refractivity contribution in [3.8, 4) is 115 Å². The fraction of sp³-hybridized carbons (Fsp3) is 0.255. The van der Waals surface area contributed by atoms with Crippen LogP contribution in [0.2, 0.25) is 0 Å². The number of anilines is 3. The molecule has 6 aromatic heterocycles. The van der Waals surface area contributed by atoms with Crippen molar-refractivity contribution in [1.29, 1.82) is 26.3 Å². The highest BCUT2D eigenvalue weighted by Gasteiger charge is 2.34. The van der Waals surface area contributed by atoms with Crippen LogP contribution in [0.4, 0.5) is 17.1 Å². The van der Waals surface area contributed by atoms with Crippen molar-refractivity contribution in [3.63, 3.8) is 0 Å². The van der Waals surface area contributed by atoms with Crippen molar-refractivity contribution >= 4 is 82.0 Å². The smallest absolute Gasteiger partial charge is 0.269 e. The van der Waals surface area contributed by atoms with Gasteiger partial charge in [0.1, 0.15) is 72.3 Å². The van der Waals surface area contributed by atoms with E-state index in [0.29, 0.717) is 144 Å². The number of hydrogen-bond donors (Lipinski definition) is 2. The summed E-state index contributed by atoms with van der Waals surface area (Å²) in [5.41, 5.74) is 15.1. The number of rotatable bonds is 21. The van der Waals surface area contributed by atoms with Crippen LogP contribution < -0.4 is 34.2 Å². The zero-order valence-electron chi connectivity index (χ0n) is 72.5. The van der Waals surface area contributed by atoms with E-state index in [1.165, 1.54) is 13.6 Å². The van der Waals surface area contributed by atoms with E-state index in [1.807, 2.05) is 121 Å². The first kappa shape index (κ1) is 88.4. The number of nitrogens with zero attached hydrogens (tertiary/aromatic N) is 15. The van der Waals surface area contributed by atoms with E-state index in [4.69, 9.17) is 38.9 Å². The molecule has 20 rings (SSSR count). The number of benzene rings is 8. The molecule has 0 bridgehead atoms. The molecule has 668 valence electrons. The number of likely N-dealkylation sites (tertiary alicyclic amines) is 2. The number of aromatic nitrogens is 6. The predicted octanol–water partition coefficient (Wildman–Crippen LogP) is 14.8. The Morgan fingerprint density at radius 1 is 0.398 bits per heavy atom. The zero-order chi connectivity index (χ0) is 91.5. The molecule has 2 N–H and O–H groups in total. The number of ether oxygens (including phenoxy) is 6. The summed E-state index contributed by atoms with van der Waals surface area (Å²) in [6.07, 6.45) is 6.28. The lowest BCUT2D eigenvalue weighted by atomic mass is 10.0. The second-order valence-electron chi connectivity index (χ2n) is 32.8. The largest absolute Gasteiger partial charge is 0.488 e. The fourth-order valence-corrected chi connectivity index (χ4v) is 20.8. The van der Waals surface area contributed by atoms with Crippen LogP contribution >= 0.6 is 0 Å². The Bertz CT molecular complexity index is 7140. The van der Waals surface area contributed by atoms with Crippen LogP contribution in [-0.2, 0) is 43.8 Å². The number of hydrogen-bond acceptors (Lipinski definition) is 24. The molecule has 31 heteroatoms. The summed E-state index contributed by atoms with van der Waals surface area (Å²) in [4.78, 5) is 51.7. The molecule has 12 heterocycles. The van der Waals surface area contributed by atoms with Crippen LogP contribution in [0.25, 0.3) is 100 Å². The molecule has 3 atom stereocenters. The Kier molecular flexibility index (Phi) is 26.3. The summed E-state index contributed by atoms with van der Waals surface area (Å²) in [6.45, 7) is 12.6. The standard InChI is InChI=1S/C37H32N6O5S.C34H31N5O4S.C31H28N6O3/c38-15-12-36(44)42-17-14-30(25-42)48-35-11-8-27(22-28(35)24-39)32-13-16-40-37-33(32)23-34(43(37)49(45,46)31-4-2-1-3-5-31)26-6-9-29(10-7-26)41-18-20-47-21-19-41;35-22-26-20-25(8-11-33(26)43-28-12-14-36-23-28)30-13-15-37-34-31(30)21-32(39(34)44(40,41)29-4-2-1-3-5-29)24-6-9-27(10-7-24)38-16-18-42-19-17-38;32-10-7-30(38)37-12-9-25(20-37)40-29-6-3-22(17-23(29)19-33)26-8-11-34-31-27(26)18-28(35-31)21-1-4-24(5-2-21)36-13-15-39-16-14-36/h1-11,13,16,22-23,30H,12,14,17-21,25H2;1-11,13,15,20-21,28,36H,12,14,16-19,23H2;1-6,8,11,17-18,25H,7,9,12-16,20H2,(H,34,35)/t30-;28-;25-/m000/s1. The molecule has 6 fully saturated rings. The summed E-state index contributed by atoms with van der Waals surface area (Å²) in [5, 5.41) is 53.1. The van der Waals surface area contributed by atoms with E-state index in [9.17, 15) is 42.2 Å². The second kappa shape index (κ2) is 39.6. The monoisotopic (exact) mass is 1810 g/mol. The van der Waals surface area contributed by atoms with Crippen LogP contribution in [0, 0.1) is 56.7 Å². The Balaban J connectivity index is 0.000000134. The first-order valence-corrected chi connectivity index (χ1v) is 46.9. The fourth-order valence-electron chi connectivity index (χ4n) is 17.8. The van der Waals surface area contributed by atoms with Crippen LogP contribution in [0.5, 0.6) is 17.2 Å². The van der Waals surface area contributed by atoms with Crippen molar-refractivity contribution in [2.45, 2.75) is 60.2 Å². The van der Waals surface area contributed by atoms with E-state index in [0.717, 1.165) is 133 Å². The molecule has 6 aliphatic heterocycles. The SMILES string of the molecule is N#CCC(=O)N1CC[C@H](Oc2ccc(-c3ccnc4[nH]c(-c5ccc(N6CCOCC6)cc5)cc34)cc2C#N)C1.N#CCC(=O)N1CC[C@H](Oc2ccc(-c3ccnc4c3cc(-c3ccc(N5CCOCC5)cc3)n4S(=O)(=O)c3ccccc3)cc2C#N)C1.N#Cc1cc(-c2ccnc3c2cc(-c2ccc(N4CCOCC4)cc2)n3S(=O)(=O)c2ccccc2)ccc1O[C@H]1CCNC1. The van der Waals surface area contributed by atoms with Crippen LogP contribution in [0.3, 0.4) is 0 Å². The van der Waals surface area contributed by atoms with Crippen molar-refractivity contribution in [1.82, 2.24) is 43.0 Å². The molecule has 8 aromatic carbocycles. The van der Waals surface area contributed by atoms with Gasteiger partial charge in [-0.05, 0) is 196 Å². The number of carbonyl (C=O) groups excluding carboxylic acids is 2. The first-order valence-electron chi connectivity index (χ1n) is 44.1. The van der Waals surface area contributed by atoms with E-state index in [-0.39, 0.29) is 58.4 Å². The van der Waals surface area contributed by atoms with Gasteiger partial charge in [0, 0.05) is 129 Å². The average Bonchev–Trinajstić information content (AvgIpc) is 1.59. The highest BCUT2D eigenvalue weighted by molar-refractivity contribution is 7.90. The minimum Gasteiger partial charge on any atom is -0.488 e. The van der Waals surface area contributed by atoms with Crippen LogP contribution in [0.1, 0.15) is 48.8 Å². The third-order valence-corrected chi connectivity index (χ3v) is 28.1. The number of amides is 2. The Labute approximate surface area is 769 Å². The minimum atomic E-state index is -4.07. The summed E-state index contributed by atoms with van der Waals surface area (Å²) < 4.78 is 94.5. The molecule has 0 radical (unpaired) electrons. The van der Waals surface area contributed by atoms with E-state index in [2.05, 4.69) is 88.5 Å². The normalized spacial score (nSPS) is 16.8. The highest BCUT2D eigenvalue weighted by Crippen LogP contribution is 2.43. The predicted molar refractivity (Wildman–Crippen MR) is 503 cm³/mol. The number of aromatic amines is 1. The van der Waals surface area contributed by atoms with Gasteiger partial charge in [-0.25, -0.2) is 39.7 Å². The van der Waals surface area contributed by atoms with Crippen molar-refractivity contribution in [2.75, 3.05) is 133 Å². The summed E-state index contributed by atoms with van der Waals surface area (Å²) >= 11 is 0. The van der Waals surface area contributed by atoms with E-state index in [1.54, 1.807) is 113 Å². The first-order chi connectivity index (χ1) is 65.0. The lowest BCUT2D eigenvalue weighted by Crippen LogP contribution is -2.36. The third kappa shape index (κ3) is 19.0. The van der Waals surface area contributed by atoms with E-state index < -0.39 is 20.0 Å². The van der Waals surface area contributed by atoms with Gasteiger partial charge < -0.3 is 63.2 Å². The molecule has 0 spiro atoms. The molecule has 0 saturated carbocycles. The van der Waals surface area contributed by atoms with Gasteiger partial charge in [0.15, 0.2) is 11.3 Å². The van der Waals surface area contributed by atoms with Crippen molar-refractivity contribution < 1.29 is 54.8 Å². The molecule has 2 amide bonds. The van der Waals surface area contributed by atoms with Gasteiger partial charge in [-0.3, -0.25) is 9.59 Å². The Morgan fingerprint density at radius 3 is 1.14 bits per heavy atom. The van der Waals surface area contributed by atoms with Crippen molar-refractivity contribution in [3.05, 3.63) is 260 Å². The van der Waals surface area contributed by atoms with Crippen LogP contribution in [-0.4, -0.2) is 203 Å². The van der Waals surface area contributed by atoms with Gasteiger partial charge in [-0.2, -0.15) is 26.3 Å². The molecule has 6 saturated heterocycles. The minimum absolute atomic E-state index is 0.0231. The van der Waals surface area contributed by atoms with E-state index >= 15 is 0 Å². The molecule has 0 unspecified atom stereocenters. The lowest BCUT2D eigenvalue weighted by Gasteiger charge is -2.28. The number of H-pyrrole nitrogens is 1. The van der Waals surface area contributed by atoms with Crippen LogP contribution in [0.15, 0.2) is 253 Å². The maximum Gasteiger partial charge on any atom is 0.269 e. The number of fused-ring (bicyclic) bond motifs is 3. The molecular weight excluding hydrogens is 1720 g/mol. The molecule has 6 aliphatic rings. The molecule has 14 aromatic rings. The molecule has 0 aliphatic carbocycles. The number of nitrogens with one attached hydrogen (secondary N) is 2. The van der Waals surface area contributed by atoms with Gasteiger partial charge in [0.05, 0.1) is 103 Å².